The highest BCUT2D eigenvalue weighted by molar-refractivity contribution is 6.00. The highest BCUT2D eigenvalue weighted by atomic mass is 16.5. The molecule has 154 valence electrons. The number of fused-ring (bicyclic) bond motifs is 1. The lowest BCUT2D eigenvalue weighted by molar-refractivity contribution is 0.0509. The maximum atomic E-state index is 13.5. The van der Waals surface area contributed by atoms with Gasteiger partial charge in [-0.25, -0.2) is 9.78 Å². The monoisotopic (exact) mass is 397 g/mol. The van der Waals surface area contributed by atoms with Gasteiger partial charge in [0.25, 0.3) is 5.56 Å². The minimum absolute atomic E-state index is 0.202. The summed E-state index contributed by atoms with van der Waals surface area (Å²) in [7, 11) is 1.69. The normalized spacial score (nSPS) is 11.3. The van der Waals surface area contributed by atoms with Crippen molar-refractivity contribution >= 4 is 17.0 Å². The Balaban J connectivity index is 2.27. The van der Waals surface area contributed by atoms with E-state index in [9.17, 15) is 9.59 Å². The average Bonchev–Trinajstić information content (AvgIpc) is 2.90. The third-order valence-electron chi connectivity index (χ3n) is 4.68. The molecule has 7 heteroatoms. The number of benzene rings is 1. The summed E-state index contributed by atoms with van der Waals surface area (Å²) in [5, 5.41) is 0.294. The van der Waals surface area contributed by atoms with E-state index in [1.54, 1.807) is 30.0 Å². The molecule has 2 heterocycles. The third kappa shape index (κ3) is 3.90. The molecule has 0 aliphatic heterocycles. The largest absolute Gasteiger partial charge is 0.488 e. The lowest BCUT2D eigenvalue weighted by Crippen LogP contribution is -2.25. The molecule has 0 radical (unpaired) electrons. The van der Waals surface area contributed by atoms with Crippen LogP contribution in [0.3, 0.4) is 0 Å². The van der Waals surface area contributed by atoms with Gasteiger partial charge < -0.3 is 14.0 Å². The predicted molar refractivity (Wildman–Crippen MR) is 112 cm³/mol. The molecule has 3 aromatic rings. The number of carbonyl (C=O) groups is 1. The fourth-order valence-electron chi connectivity index (χ4n) is 3.42. The van der Waals surface area contributed by atoms with Gasteiger partial charge >= 0.3 is 5.97 Å². The minimum Gasteiger partial charge on any atom is -0.488 e. The molecule has 0 spiro atoms. The maximum absolute atomic E-state index is 13.5. The van der Waals surface area contributed by atoms with E-state index in [4.69, 9.17) is 9.47 Å². The standard InChI is InChI=1S/C22H27N3O4/c1-7-28-22(27)18-19(29-13(2)3)17-20(24(18)6)23-15(5)25(21(17)26)12-16-10-8-9-14(4)11-16/h8-11,13H,7,12H2,1-6H3. The molecular weight excluding hydrogens is 370 g/mol. The van der Waals surface area contributed by atoms with Crippen molar-refractivity contribution in [2.45, 2.75) is 47.3 Å². The van der Waals surface area contributed by atoms with E-state index < -0.39 is 5.97 Å². The smallest absolute Gasteiger partial charge is 0.358 e. The number of aromatic nitrogens is 3. The Morgan fingerprint density at radius 1 is 1.24 bits per heavy atom. The van der Waals surface area contributed by atoms with Gasteiger partial charge in [0.15, 0.2) is 17.1 Å². The van der Waals surface area contributed by atoms with E-state index in [1.807, 2.05) is 45.0 Å². The molecule has 7 nitrogen and oxygen atoms in total. The number of rotatable bonds is 6. The summed E-state index contributed by atoms with van der Waals surface area (Å²) >= 11 is 0. The molecule has 0 unspecified atom stereocenters. The van der Waals surface area contributed by atoms with Crippen LogP contribution in [-0.2, 0) is 18.3 Å². The van der Waals surface area contributed by atoms with Crippen LogP contribution in [0.5, 0.6) is 5.75 Å². The van der Waals surface area contributed by atoms with Gasteiger partial charge in [-0.2, -0.15) is 0 Å². The molecule has 29 heavy (non-hydrogen) atoms. The summed E-state index contributed by atoms with van der Waals surface area (Å²) in [6.07, 6.45) is -0.222. The molecular formula is C22H27N3O4. The first-order chi connectivity index (χ1) is 13.7. The van der Waals surface area contributed by atoms with Crippen molar-refractivity contribution in [2.24, 2.45) is 7.05 Å². The van der Waals surface area contributed by atoms with Crippen LogP contribution < -0.4 is 10.3 Å². The molecule has 0 saturated carbocycles. The summed E-state index contributed by atoms with van der Waals surface area (Å²) in [6.45, 7) is 9.85. The van der Waals surface area contributed by atoms with Crippen LogP contribution in [0, 0.1) is 13.8 Å². The fourth-order valence-corrected chi connectivity index (χ4v) is 3.42. The summed E-state index contributed by atoms with van der Waals surface area (Å²) < 4.78 is 14.3. The summed E-state index contributed by atoms with van der Waals surface area (Å²) in [5.41, 5.74) is 2.50. The zero-order valence-electron chi connectivity index (χ0n) is 17.8. The van der Waals surface area contributed by atoms with Gasteiger partial charge in [0.05, 0.1) is 19.3 Å². The van der Waals surface area contributed by atoms with Crippen molar-refractivity contribution in [1.82, 2.24) is 14.1 Å². The quantitative estimate of drug-likeness (QED) is 0.596. The Bertz CT molecular complexity index is 1130. The van der Waals surface area contributed by atoms with Crippen LogP contribution >= 0.6 is 0 Å². The average molecular weight is 397 g/mol. The molecule has 0 bridgehead atoms. The van der Waals surface area contributed by atoms with E-state index in [0.717, 1.165) is 11.1 Å². The highest BCUT2D eigenvalue weighted by Gasteiger charge is 2.28. The van der Waals surface area contributed by atoms with E-state index in [1.165, 1.54) is 0 Å². The van der Waals surface area contributed by atoms with Gasteiger partial charge in [-0.05, 0) is 40.2 Å². The molecule has 0 saturated heterocycles. The molecule has 0 aliphatic rings. The van der Waals surface area contributed by atoms with Crippen molar-refractivity contribution in [1.29, 1.82) is 0 Å². The van der Waals surface area contributed by atoms with Gasteiger partial charge in [0, 0.05) is 7.05 Å². The molecule has 1 aromatic carbocycles. The first kappa shape index (κ1) is 20.6. The number of nitrogens with zero attached hydrogens (tertiary/aromatic N) is 3. The lowest BCUT2D eigenvalue weighted by atomic mass is 10.1. The second-order valence-corrected chi connectivity index (χ2v) is 7.36. The van der Waals surface area contributed by atoms with Crippen molar-refractivity contribution in [3.8, 4) is 5.75 Å². The topological polar surface area (TPSA) is 75.3 Å². The molecule has 0 aliphatic carbocycles. The van der Waals surface area contributed by atoms with Gasteiger partial charge in [-0.1, -0.05) is 29.8 Å². The first-order valence-corrected chi connectivity index (χ1v) is 9.73. The second kappa shape index (κ2) is 8.11. The Hall–Kier alpha value is -3.09. The first-order valence-electron chi connectivity index (χ1n) is 9.73. The lowest BCUT2D eigenvalue weighted by Gasteiger charge is -2.12. The SMILES string of the molecule is CCOC(=O)c1c(OC(C)C)c2c(=O)n(Cc3cccc(C)c3)c(C)nc2n1C. The van der Waals surface area contributed by atoms with Crippen molar-refractivity contribution in [3.63, 3.8) is 0 Å². The fraction of sp³-hybridized carbons (Fsp3) is 0.409. The summed E-state index contributed by atoms with van der Waals surface area (Å²) in [5.74, 6) is 0.258. The summed E-state index contributed by atoms with van der Waals surface area (Å²) in [4.78, 5) is 30.7. The number of ether oxygens (including phenoxy) is 2. The highest BCUT2D eigenvalue weighted by Crippen LogP contribution is 2.31. The minimum atomic E-state index is -0.536. The maximum Gasteiger partial charge on any atom is 0.358 e. The van der Waals surface area contributed by atoms with E-state index >= 15 is 0 Å². The van der Waals surface area contributed by atoms with Crippen LogP contribution in [0.1, 0.15) is 48.2 Å². The molecule has 0 N–H and O–H groups in total. The van der Waals surface area contributed by atoms with Crippen LogP contribution in [-0.4, -0.2) is 32.8 Å². The summed E-state index contributed by atoms with van der Waals surface area (Å²) in [6, 6.07) is 7.99. The van der Waals surface area contributed by atoms with Crippen LogP contribution in [0.4, 0.5) is 0 Å². The number of aryl methyl sites for hydroxylation is 3. The van der Waals surface area contributed by atoms with Crippen molar-refractivity contribution in [3.05, 3.63) is 57.3 Å². The van der Waals surface area contributed by atoms with Gasteiger partial charge in [0.1, 0.15) is 11.2 Å². The van der Waals surface area contributed by atoms with Crippen LogP contribution in [0.2, 0.25) is 0 Å². The van der Waals surface area contributed by atoms with E-state index in [0.29, 0.717) is 23.4 Å². The zero-order valence-corrected chi connectivity index (χ0v) is 17.8. The Kier molecular flexibility index (Phi) is 5.77. The third-order valence-corrected chi connectivity index (χ3v) is 4.68. The van der Waals surface area contributed by atoms with Gasteiger partial charge in [-0.3, -0.25) is 9.36 Å². The molecule has 0 fully saturated rings. The molecule has 0 atom stereocenters. The number of hydrogen-bond donors (Lipinski definition) is 0. The molecule has 3 rings (SSSR count). The van der Waals surface area contributed by atoms with Gasteiger partial charge in [0.2, 0.25) is 0 Å². The number of hydrogen-bond acceptors (Lipinski definition) is 5. The Morgan fingerprint density at radius 2 is 1.97 bits per heavy atom. The Labute approximate surface area is 169 Å². The Morgan fingerprint density at radius 3 is 2.59 bits per heavy atom. The van der Waals surface area contributed by atoms with Gasteiger partial charge in [-0.15, -0.1) is 0 Å². The predicted octanol–water partition coefficient (Wildman–Crippen LogP) is 3.36. The van der Waals surface area contributed by atoms with E-state index in [2.05, 4.69) is 4.98 Å². The zero-order chi connectivity index (χ0) is 21.3. The molecule has 0 amide bonds. The van der Waals surface area contributed by atoms with Crippen LogP contribution in [0.25, 0.3) is 11.0 Å². The second-order valence-electron chi connectivity index (χ2n) is 7.36. The van der Waals surface area contributed by atoms with Crippen LogP contribution in [0.15, 0.2) is 29.1 Å². The number of esters is 1. The number of carbonyl (C=O) groups excluding carboxylic acids is 1. The van der Waals surface area contributed by atoms with Crippen molar-refractivity contribution < 1.29 is 14.3 Å². The molecule has 2 aromatic heterocycles. The van der Waals surface area contributed by atoms with Crippen molar-refractivity contribution in [2.75, 3.05) is 6.61 Å². The van der Waals surface area contributed by atoms with E-state index in [-0.39, 0.29) is 29.7 Å².